The maximum absolute atomic E-state index is 9.01. The summed E-state index contributed by atoms with van der Waals surface area (Å²) >= 11 is 0. The van der Waals surface area contributed by atoms with E-state index in [2.05, 4.69) is 10.0 Å². The molecule has 0 fully saturated rings. The van der Waals surface area contributed by atoms with Gasteiger partial charge in [-0.15, -0.1) is 0 Å². The lowest BCUT2D eigenvalue weighted by molar-refractivity contribution is -0.0427. The molecule has 1 aromatic rings. The van der Waals surface area contributed by atoms with Gasteiger partial charge in [0.05, 0.1) is 13.2 Å². The van der Waals surface area contributed by atoms with Crippen molar-refractivity contribution in [3.05, 3.63) is 40.3 Å². The molecule has 8 heteroatoms. The van der Waals surface area contributed by atoms with Crippen LogP contribution in [0, 0.1) is 0 Å². The molecule has 0 radical (unpaired) electrons. The van der Waals surface area contributed by atoms with Gasteiger partial charge in [-0.05, 0) is 17.7 Å². The fraction of sp³-hybridized carbons (Fsp3) is 0.455. The van der Waals surface area contributed by atoms with Gasteiger partial charge >= 0.3 is 0 Å². The fourth-order valence-corrected chi connectivity index (χ4v) is 1.29. The molecule has 19 heavy (non-hydrogen) atoms. The standard InChI is InChI=1S/C11H15N3O5/c12-14-13-10(18-5-4-15)7-19-9-3-1-2-8(6-9)11(16)17/h1-3,6,10-11,15-17H,4-5,7H2. The van der Waals surface area contributed by atoms with Crippen molar-refractivity contribution in [3.63, 3.8) is 0 Å². The normalized spacial score (nSPS) is 12.0. The van der Waals surface area contributed by atoms with E-state index in [-0.39, 0.29) is 25.4 Å². The van der Waals surface area contributed by atoms with Crippen molar-refractivity contribution in [1.29, 1.82) is 0 Å². The monoisotopic (exact) mass is 269 g/mol. The quantitative estimate of drug-likeness (QED) is 0.277. The number of hydrogen-bond acceptors (Lipinski definition) is 6. The SMILES string of the molecule is [N-]=[N+]=NC(COc1cccc(C(O)O)c1)OCCO. The largest absolute Gasteiger partial charge is 0.491 e. The predicted molar refractivity (Wildman–Crippen MR) is 65.1 cm³/mol. The lowest BCUT2D eigenvalue weighted by Crippen LogP contribution is -2.20. The van der Waals surface area contributed by atoms with Crippen molar-refractivity contribution in [3.8, 4) is 5.75 Å². The topological polar surface area (TPSA) is 128 Å². The Bertz CT molecular complexity index is 434. The Morgan fingerprint density at radius 1 is 1.37 bits per heavy atom. The summed E-state index contributed by atoms with van der Waals surface area (Å²) in [6.07, 6.45) is -2.44. The van der Waals surface area contributed by atoms with Crippen molar-refractivity contribution in [1.82, 2.24) is 0 Å². The second-order valence-corrected chi connectivity index (χ2v) is 3.51. The smallest absolute Gasteiger partial charge is 0.178 e. The van der Waals surface area contributed by atoms with Crippen LogP contribution in [0.3, 0.4) is 0 Å². The van der Waals surface area contributed by atoms with E-state index in [0.717, 1.165) is 0 Å². The molecule has 0 aliphatic heterocycles. The minimum Gasteiger partial charge on any atom is -0.491 e. The number of hydrogen-bond donors (Lipinski definition) is 3. The molecule has 0 aliphatic rings. The number of rotatable bonds is 8. The molecule has 0 amide bonds. The van der Waals surface area contributed by atoms with Crippen molar-refractivity contribution in [2.75, 3.05) is 19.8 Å². The summed E-state index contributed by atoms with van der Waals surface area (Å²) in [5.41, 5.74) is 8.63. The summed E-state index contributed by atoms with van der Waals surface area (Å²) in [6, 6.07) is 6.20. The van der Waals surface area contributed by atoms with Gasteiger partial charge in [0.25, 0.3) is 0 Å². The van der Waals surface area contributed by atoms with E-state index in [1.54, 1.807) is 12.1 Å². The highest BCUT2D eigenvalue weighted by Gasteiger charge is 2.09. The van der Waals surface area contributed by atoms with E-state index in [9.17, 15) is 0 Å². The van der Waals surface area contributed by atoms with Gasteiger partial charge in [-0.3, -0.25) is 0 Å². The Kier molecular flexibility index (Phi) is 6.65. The first-order valence-corrected chi connectivity index (χ1v) is 5.53. The highest BCUT2D eigenvalue weighted by Crippen LogP contribution is 2.18. The van der Waals surface area contributed by atoms with Crippen LogP contribution in [-0.4, -0.2) is 41.4 Å². The highest BCUT2D eigenvalue weighted by molar-refractivity contribution is 5.29. The molecule has 1 rings (SSSR count). The molecule has 0 saturated heterocycles. The average molecular weight is 269 g/mol. The van der Waals surface area contributed by atoms with Crippen molar-refractivity contribution >= 4 is 0 Å². The zero-order valence-corrected chi connectivity index (χ0v) is 10.1. The van der Waals surface area contributed by atoms with E-state index in [1.807, 2.05) is 0 Å². The summed E-state index contributed by atoms with van der Waals surface area (Å²) in [5, 5.41) is 30.0. The zero-order valence-electron chi connectivity index (χ0n) is 10.1. The first-order valence-electron chi connectivity index (χ1n) is 5.53. The van der Waals surface area contributed by atoms with Crippen LogP contribution in [0.4, 0.5) is 0 Å². The van der Waals surface area contributed by atoms with Gasteiger partial charge in [-0.25, -0.2) is 0 Å². The highest BCUT2D eigenvalue weighted by atomic mass is 16.5. The molecule has 104 valence electrons. The minimum absolute atomic E-state index is 0.0302. The van der Waals surface area contributed by atoms with Gasteiger partial charge < -0.3 is 24.8 Å². The van der Waals surface area contributed by atoms with Gasteiger partial charge in [0.2, 0.25) is 0 Å². The Balaban J connectivity index is 2.58. The molecule has 1 aromatic carbocycles. The molecule has 1 unspecified atom stereocenters. The third-order valence-electron chi connectivity index (χ3n) is 2.13. The van der Waals surface area contributed by atoms with Crippen LogP contribution >= 0.6 is 0 Å². The summed E-state index contributed by atoms with van der Waals surface area (Å²) in [5.74, 6) is 0.385. The van der Waals surface area contributed by atoms with Crippen molar-refractivity contribution < 1.29 is 24.8 Å². The van der Waals surface area contributed by atoms with E-state index in [0.29, 0.717) is 5.75 Å². The summed E-state index contributed by atoms with van der Waals surface area (Å²) in [4.78, 5) is 2.61. The Labute approximate surface area is 109 Å². The van der Waals surface area contributed by atoms with E-state index >= 15 is 0 Å². The maximum atomic E-state index is 9.01. The van der Waals surface area contributed by atoms with Gasteiger partial charge in [0.1, 0.15) is 12.4 Å². The van der Waals surface area contributed by atoms with Gasteiger partial charge in [-0.1, -0.05) is 17.2 Å². The molecular formula is C11H15N3O5. The van der Waals surface area contributed by atoms with Crippen LogP contribution in [-0.2, 0) is 4.74 Å². The van der Waals surface area contributed by atoms with Crippen molar-refractivity contribution in [2.45, 2.75) is 12.5 Å². The molecule has 3 N–H and O–H groups in total. The minimum atomic E-state index is -1.58. The second-order valence-electron chi connectivity index (χ2n) is 3.51. The van der Waals surface area contributed by atoms with Gasteiger partial charge in [-0.2, -0.15) is 0 Å². The Morgan fingerprint density at radius 3 is 2.79 bits per heavy atom. The summed E-state index contributed by atoms with van der Waals surface area (Å²) in [6.45, 7) is -0.207. The van der Waals surface area contributed by atoms with Crippen LogP contribution in [0.15, 0.2) is 29.4 Å². The molecular weight excluding hydrogens is 254 g/mol. The molecule has 0 bridgehead atoms. The van der Waals surface area contributed by atoms with E-state index in [1.165, 1.54) is 12.1 Å². The summed E-state index contributed by atoms with van der Waals surface area (Å²) < 4.78 is 10.4. The number of benzene rings is 1. The third kappa shape index (κ3) is 5.56. The number of azide groups is 1. The predicted octanol–water partition coefficient (Wildman–Crippen LogP) is 0.694. The Morgan fingerprint density at radius 2 is 2.16 bits per heavy atom. The van der Waals surface area contributed by atoms with Crippen LogP contribution < -0.4 is 4.74 Å². The first-order chi connectivity index (χ1) is 9.17. The van der Waals surface area contributed by atoms with E-state index < -0.39 is 12.5 Å². The number of nitrogens with zero attached hydrogens (tertiary/aromatic N) is 3. The van der Waals surface area contributed by atoms with Crippen LogP contribution in [0.5, 0.6) is 5.75 Å². The zero-order chi connectivity index (χ0) is 14.1. The molecule has 0 spiro atoms. The number of aliphatic hydroxyl groups is 3. The fourth-order valence-electron chi connectivity index (χ4n) is 1.29. The summed E-state index contributed by atoms with van der Waals surface area (Å²) in [7, 11) is 0. The van der Waals surface area contributed by atoms with Crippen molar-refractivity contribution in [2.24, 2.45) is 5.11 Å². The second kappa shape index (κ2) is 8.30. The number of ether oxygens (including phenoxy) is 2. The van der Waals surface area contributed by atoms with Gasteiger partial charge in [0, 0.05) is 10.5 Å². The molecule has 8 nitrogen and oxygen atoms in total. The molecule has 0 heterocycles. The lowest BCUT2D eigenvalue weighted by Gasteiger charge is -2.14. The number of aliphatic hydroxyl groups excluding tert-OH is 2. The Hall–Kier alpha value is -1.83. The van der Waals surface area contributed by atoms with Crippen LogP contribution in [0.1, 0.15) is 11.9 Å². The van der Waals surface area contributed by atoms with Gasteiger partial charge in [0.15, 0.2) is 12.5 Å². The molecule has 0 saturated carbocycles. The molecule has 1 atom stereocenters. The lowest BCUT2D eigenvalue weighted by atomic mass is 10.2. The molecule has 0 aromatic heterocycles. The molecule has 0 aliphatic carbocycles. The third-order valence-corrected chi connectivity index (χ3v) is 2.13. The van der Waals surface area contributed by atoms with Crippen LogP contribution in [0.2, 0.25) is 0 Å². The average Bonchev–Trinajstić information content (AvgIpc) is 2.42. The first kappa shape index (κ1) is 15.2. The maximum Gasteiger partial charge on any atom is 0.178 e. The van der Waals surface area contributed by atoms with E-state index in [4.69, 9.17) is 30.3 Å². The van der Waals surface area contributed by atoms with Crippen LogP contribution in [0.25, 0.3) is 10.4 Å².